The number of benzene rings is 4. The number of allylic oxidation sites excluding steroid dienone is 1. The zero-order chi connectivity index (χ0) is 34.7. The van der Waals surface area contributed by atoms with Crippen molar-refractivity contribution in [2.24, 2.45) is 0 Å². The number of phenols is 7. The molecule has 1 aliphatic rings. The van der Waals surface area contributed by atoms with Gasteiger partial charge in [0.1, 0.15) is 5.75 Å². The largest absolute Gasteiger partial charge is 0.508 e. The van der Waals surface area contributed by atoms with Crippen LogP contribution in [-0.4, -0.2) is 72.5 Å². The molecule has 12 heteroatoms. The molecule has 12 nitrogen and oxygen atoms in total. The van der Waals surface area contributed by atoms with E-state index in [-0.39, 0.29) is 36.0 Å². The monoisotopic (exact) mass is 655 g/mol. The molecular formula is C36H33NO11. The van der Waals surface area contributed by atoms with Crippen LogP contribution in [0, 0.1) is 0 Å². The van der Waals surface area contributed by atoms with Gasteiger partial charge >= 0.3 is 11.9 Å². The summed E-state index contributed by atoms with van der Waals surface area (Å²) >= 11 is 0. The van der Waals surface area contributed by atoms with E-state index in [1.54, 1.807) is 25.3 Å². The van der Waals surface area contributed by atoms with Crippen molar-refractivity contribution in [1.29, 1.82) is 0 Å². The fourth-order valence-electron chi connectivity index (χ4n) is 5.80. The highest BCUT2D eigenvalue weighted by molar-refractivity contribution is 5.96. The number of phenolic OH excluding ortho intramolecular Hbond substituents is 7. The number of rotatable bonds is 10. The molecule has 0 aromatic heterocycles. The predicted molar refractivity (Wildman–Crippen MR) is 176 cm³/mol. The highest BCUT2D eigenvalue weighted by atomic mass is 16.6. The normalized spacial score (nSPS) is 13.8. The molecule has 48 heavy (non-hydrogen) atoms. The SMILES string of the molecule is CNC[C@@H](c1ccc(O)c(O)c1)[C@@H](OC(=O)C=Cc1cc(O)c(O)c2c1C=C(c1cc(O)c(O)cc1-c1cccc(O)c1)CC2)C(=O)O. The predicted octanol–water partition coefficient (Wildman–Crippen LogP) is 4.79. The number of aliphatic carboxylic acids is 1. The van der Waals surface area contributed by atoms with Crippen molar-refractivity contribution in [2.45, 2.75) is 24.9 Å². The number of carbonyl (C=O) groups excluding carboxylic acids is 1. The minimum atomic E-state index is -1.69. The van der Waals surface area contributed by atoms with Crippen molar-refractivity contribution in [3.63, 3.8) is 0 Å². The van der Waals surface area contributed by atoms with Crippen LogP contribution in [0.4, 0.5) is 0 Å². The molecule has 5 rings (SSSR count). The molecule has 0 saturated heterocycles. The lowest BCUT2D eigenvalue weighted by atomic mass is 9.83. The number of likely N-dealkylation sites (N-methyl/N-ethyl adjacent to an activating group) is 1. The second-order valence-electron chi connectivity index (χ2n) is 11.3. The molecular weight excluding hydrogens is 622 g/mol. The van der Waals surface area contributed by atoms with E-state index in [0.717, 1.165) is 6.08 Å². The Kier molecular flexibility index (Phi) is 9.48. The van der Waals surface area contributed by atoms with Gasteiger partial charge in [-0.2, -0.15) is 0 Å². The van der Waals surface area contributed by atoms with E-state index in [0.29, 0.717) is 50.9 Å². The van der Waals surface area contributed by atoms with Gasteiger partial charge in [-0.1, -0.05) is 24.3 Å². The van der Waals surface area contributed by atoms with Gasteiger partial charge in [-0.15, -0.1) is 0 Å². The van der Waals surface area contributed by atoms with Gasteiger partial charge in [0.05, 0.1) is 0 Å². The van der Waals surface area contributed by atoms with E-state index >= 15 is 0 Å². The van der Waals surface area contributed by atoms with E-state index in [2.05, 4.69) is 5.32 Å². The van der Waals surface area contributed by atoms with Crippen LogP contribution in [0.3, 0.4) is 0 Å². The lowest BCUT2D eigenvalue weighted by Crippen LogP contribution is -2.37. The van der Waals surface area contributed by atoms with Gasteiger partial charge in [0.2, 0.25) is 6.10 Å². The van der Waals surface area contributed by atoms with Gasteiger partial charge < -0.3 is 50.9 Å². The van der Waals surface area contributed by atoms with E-state index in [1.807, 2.05) is 0 Å². The number of ether oxygens (including phenoxy) is 1. The Balaban J connectivity index is 1.51. The summed E-state index contributed by atoms with van der Waals surface area (Å²) in [6, 6.07) is 14.2. The lowest BCUT2D eigenvalue weighted by Gasteiger charge is -2.24. The Morgan fingerprint density at radius 2 is 1.54 bits per heavy atom. The zero-order valence-corrected chi connectivity index (χ0v) is 25.6. The molecule has 0 bridgehead atoms. The maximum atomic E-state index is 13.0. The molecule has 0 aliphatic heterocycles. The lowest BCUT2D eigenvalue weighted by molar-refractivity contribution is -0.162. The maximum Gasteiger partial charge on any atom is 0.345 e. The number of hydrogen-bond acceptors (Lipinski definition) is 11. The van der Waals surface area contributed by atoms with Crippen LogP contribution in [0.2, 0.25) is 0 Å². The van der Waals surface area contributed by atoms with Crippen molar-refractivity contribution in [1.82, 2.24) is 5.32 Å². The number of carboxylic acids is 1. The van der Waals surface area contributed by atoms with Crippen LogP contribution in [0.25, 0.3) is 28.9 Å². The van der Waals surface area contributed by atoms with Crippen LogP contribution < -0.4 is 5.32 Å². The molecule has 9 N–H and O–H groups in total. The molecule has 0 saturated carbocycles. The number of carboxylic acid groups (broad SMARTS) is 1. The van der Waals surface area contributed by atoms with E-state index in [9.17, 15) is 50.4 Å². The molecule has 1 aliphatic carbocycles. The fourth-order valence-corrected chi connectivity index (χ4v) is 5.80. The zero-order valence-electron chi connectivity index (χ0n) is 25.6. The summed E-state index contributed by atoms with van der Waals surface area (Å²) in [4.78, 5) is 25.2. The van der Waals surface area contributed by atoms with Crippen molar-refractivity contribution in [3.8, 4) is 51.4 Å². The second kappa shape index (κ2) is 13.7. The molecule has 2 atom stereocenters. The molecule has 4 aromatic carbocycles. The molecule has 0 amide bonds. The topological polar surface area (TPSA) is 217 Å². The molecule has 0 heterocycles. The summed E-state index contributed by atoms with van der Waals surface area (Å²) in [5.74, 6) is -5.81. The molecule has 0 radical (unpaired) electrons. The number of carbonyl (C=O) groups is 2. The first kappa shape index (κ1) is 33.2. The average molecular weight is 656 g/mol. The first-order chi connectivity index (χ1) is 22.9. The molecule has 0 spiro atoms. The highest BCUT2D eigenvalue weighted by Crippen LogP contribution is 2.45. The Morgan fingerprint density at radius 3 is 2.21 bits per heavy atom. The van der Waals surface area contributed by atoms with E-state index in [1.165, 1.54) is 54.6 Å². The van der Waals surface area contributed by atoms with Crippen LogP contribution >= 0.6 is 0 Å². The Hall–Kier alpha value is -6.14. The molecule has 0 fully saturated rings. The number of esters is 1. The summed E-state index contributed by atoms with van der Waals surface area (Å²) in [7, 11) is 1.57. The first-order valence-electron chi connectivity index (χ1n) is 14.8. The van der Waals surface area contributed by atoms with Gasteiger partial charge in [0, 0.05) is 24.1 Å². The van der Waals surface area contributed by atoms with Crippen LogP contribution in [0.15, 0.2) is 66.7 Å². The molecule has 248 valence electrons. The van der Waals surface area contributed by atoms with Gasteiger partial charge in [0.25, 0.3) is 0 Å². The second-order valence-corrected chi connectivity index (χ2v) is 11.3. The van der Waals surface area contributed by atoms with Gasteiger partial charge in [0.15, 0.2) is 34.5 Å². The number of aromatic hydroxyl groups is 7. The summed E-state index contributed by atoms with van der Waals surface area (Å²) in [6.45, 7) is 0.0441. The van der Waals surface area contributed by atoms with E-state index in [4.69, 9.17) is 4.74 Å². The van der Waals surface area contributed by atoms with Crippen molar-refractivity contribution >= 4 is 29.7 Å². The Labute approximate surface area is 274 Å². The summed E-state index contributed by atoms with van der Waals surface area (Å²) in [5.41, 5.74) is 3.70. The van der Waals surface area contributed by atoms with Gasteiger partial charge in [-0.3, -0.25) is 0 Å². The molecule has 0 unspecified atom stereocenters. The fraction of sp³-hybridized carbons (Fsp3) is 0.167. The maximum absolute atomic E-state index is 13.0. The van der Waals surface area contributed by atoms with Crippen LogP contribution in [-0.2, 0) is 20.7 Å². The van der Waals surface area contributed by atoms with Crippen molar-refractivity contribution in [2.75, 3.05) is 13.6 Å². The molecule has 4 aromatic rings. The number of hydrogen-bond donors (Lipinski definition) is 9. The number of nitrogens with one attached hydrogen (secondary N) is 1. The Morgan fingerprint density at radius 1 is 0.833 bits per heavy atom. The third kappa shape index (κ3) is 6.83. The van der Waals surface area contributed by atoms with Crippen molar-refractivity contribution in [3.05, 3.63) is 94.6 Å². The Bertz CT molecular complexity index is 1960. The quantitative estimate of drug-likeness (QED) is 0.0640. The minimum Gasteiger partial charge on any atom is -0.508 e. The standard InChI is InChI=1S/C36H33NO11/c1-37-17-27(21-6-9-28(39)29(40)13-21)35(36(46)47)48-33(44)10-7-20-14-32(43)34(45)23-8-5-19(12-24(20)23)26-16-31(42)30(41)15-25(26)18-3-2-4-22(38)11-18/h2-4,6-7,9-16,27,35,37-43,45H,5,8,17H2,1H3,(H,46,47)/t27-,35+/m0/s1. The summed E-state index contributed by atoms with van der Waals surface area (Å²) in [6.07, 6.45) is 2.92. The summed E-state index contributed by atoms with van der Waals surface area (Å²) < 4.78 is 5.35. The summed E-state index contributed by atoms with van der Waals surface area (Å²) in [5, 5.41) is 84.3. The minimum absolute atomic E-state index is 0.00248. The third-order valence-corrected chi connectivity index (χ3v) is 8.14. The number of fused-ring (bicyclic) bond motifs is 1. The first-order valence-corrected chi connectivity index (χ1v) is 14.8. The van der Waals surface area contributed by atoms with Crippen molar-refractivity contribution < 1.29 is 55.2 Å². The third-order valence-electron chi connectivity index (χ3n) is 8.14. The van der Waals surface area contributed by atoms with Gasteiger partial charge in [-0.25, -0.2) is 9.59 Å². The van der Waals surface area contributed by atoms with Crippen LogP contribution in [0.1, 0.15) is 40.2 Å². The smallest absolute Gasteiger partial charge is 0.345 e. The van der Waals surface area contributed by atoms with E-state index < -0.39 is 41.2 Å². The van der Waals surface area contributed by atoms with Crippen LogP contribution in [0.5, 0.6) is 40.2 Å². The average Bonchev–Trinajstić information content (AvgIpc) is 3.05. The highest BCUT2D eigenvalue weighted by Gasteiger charge is 2.33. The van der Waals surface area contributed by atoms with Gasteiger partial charge in [-0.05, 0) is 107 Å².